The number of halogens is 1. The number of hydrogen-bond acceptors (Lipinski definition) is 7. The highest BCUT2D eigenvalue weighted by atomic mass is 32.2. The fourth-order valence-electron chi connectivity index (χ4n) is 2.95. The summed E-state index contributed by atoms with van der Waals surface area (Å²) < 4.78 is 25.8. The van der Waals surface area contributed by atoms with Gasteiger partial charge in [0.2, 0.25) is 5.91 Å². The molecule has 178 valence electrons. The number of rotatable bonds is 11. The van der Waals surface area contributed by atoms with Gasteiger partial charge in [0.1, 0.15) is 6.61 Å². The van der Waals surface area contributed by atoms with Crippen molar-refractivity contribution in [1.29, 1.82) is 0 Å². The molecule has 0 saturated carbocycles. The highest BCUT2D eigenvalue weighted by Gasteiger charge is 2.20. The van der Waals surface area contributed by atoms with Gasteiger partial charge in [0.05, 0.1) is 17.9 Å². The molecule has 8 nitrogen and oxygen atoms in total. The highest BCUT2D eigenvalue weighted by molar-refractivity contribution is 8.00. The lowest BCUT2D eigenvalue weighted by atomic mass is 10.1. The molecule has 0 spiro atoms. The molecule has 1 heterocycles. The molecule has 10 heteroatoms. The van der Waals surface area contributed by atoms with Crippen LogP contribution in [0.3, 0.4) is 0 Å². The molecule has 0 aliphatic carbocycles. The molecule has 1 atom stereocenters. The lowest BCUT2D eigenvalue weighted by molar-refractivity contribution is -0.120. The molecule has 0 aliphatic rings. The maximum absolute atomic E-state index is 13.8. The van der Waals surface area contributed by atoms with Crippen LogP contribution in [0.1, 0.15) is 28.7 Å². The molecule has 0 aliphatic heterocycles. The average Bonchev–Trinajstić information content (AvgIpc) is 3.23. The van der Waals surface area contributed by atoms with Gasteiger partial charge in [0, 0.05) is 13.1 Å². The van der Waals surface area contributed by atoms with Crippen LogP contribution in [0, 0.1) is 5.82 Å². The fourth-order valence-corrected chi connectivity index (χ4v) is 3.85. The van der Waals surface area contributed by atoms with E-state index in [-0.39, 0.29) is 18.3 Å². The van der Waals surface area contributed by atoms with Gasteiger partial charge < -0.3 is 14.8 Å². The minimum atomic E-state index is -0.461. The molecule has 3 aromatic rings. The van der Waals surface area contributed by atoms with Gasteiger partial charge in [-0.05, 0) is 36.8 Å². The number of benzene rings is 2. The topological polar surface area (TPSA) is 95.3 Å². The summed E-state index contributed by atoms with van der Waals surface area (Å²) in [5.74, 6) is -0.444. The van der Waals surface area contributed by atoms with E-state index in [1.807, 2.05) is 0 Å². The van der Waals surface area contributed by atoms with Crippen LogP contribution in [0.5, 0.6) is 5.75 Å². The van der Waals surface area contributed by atoms with Crippen molar-refractivity contribution in [3.8, 4) is 5.75 Å². The Kier molecular flexibility index (Phi) is 8.80. The second kappa shape index (κ2) is 12.0. The van der Waals surface area contributed by atoms with Crippen LogP contribution < -0.4 is 10.1 Å². The quantitative estimate of drug-likeness (QED) is 0.251. The number of ether oxygens (including phenoxy) is 2. The third kappa shape index (κ3) is 6.44. The molecule has 0 bridgehead atoms. The van der Waals surface area contributed by atoms with E-state index in [2.05, 4.69) is 26.8 Å². The Morgan fingerprint density at radius 1 is 1.21 bits per heavy atom. The highest BCUT2D eigenvalue weighted by Crippen LogP contribution is 2.24. The Morgan fingerprint density at radius 3 is 2.62 bits per heavy atom. The zero-order valence-corrected chi connectivity index (χ0v) is 19.7. The summed E-state index contributed by atoms with van der Waals surface area (Å²) in [6.45, 7) is 6.26. The van der Waals surface area contributed by atoms with Gasteiger partial charge in [0.15, 0.2) is 22.5 Å². The number of amides is 1. The average molecular weight is 485 g/mol. The summed E-state index contributed by atoms with van der Waals surface area (Å²) in [6.07, 6.45) is 1.68. The van der Waals surface area contributed by atoms with E-state index < -0.39 is 17.0 Å². The Labute approximate surface area is 201 Å². The predicted octanol–water partition coefficient (Wildman–Crippen LogP) is 3.77. The molecular formula is C24H25FN4O4S. The van der Waals surface area contributed by atoms with Crippen LogP contribution in [0.15, 0.2) is 66.3 Å². The first kappa shape index (κ1) is 25.0. The number of aromatic nitrogens is 3. The van der Waals surface area contributed by atoms with Gasteiger partial charge >= 0.3 is 5.97 Å². The summed E-state index contributed by atoms with van der Waals surface area (Å²) in [5.41, 5.74) is 1.29. The van der Waals surface area contributed by atoms with E-state index in [1.165, 1.54) is 31.0 Å². The molecule has 0 radical (unpaired) electrons. The summed E-state index contributed by atoms with van der Waals surface area (Å²) in [5, 5.41) is 11.3. The standard InChI is InChI=1S/C24H25FN4O4S/c1-4-13-29-21(15-33-20-8-6-5-7-19(20)25)27-28-24(29)34-16(2)22(30)26-14-17-9-11-18(12-10-17)23(31)32-3/h4-12,16H,1,13-15H2,2-3H3,(H,26,30). The maximum atomic E-state index is 13.8. The fraction of sp³-hybridized carbons (Fsp3) is 0.250. The van der Waals surface area contributed by atoms with Crippen LogP contribution in [0.25, 0.3) is 0 Å². The van der Waals surface area contributed by atoms with Gasteiger partial charge in [-0.25, -0.2) is 9.18 Å². The van der Waals surface area contributed by atoms with Crippen molar-refractivity contribution < 1.29 is 23.5 Å². The number of nitrogens with zero attached hydrogens (tertiary/aromatic N) is 3. The number of para-hydroxylation sites is 1. The van der Waals surface area contributed by atoms with Crippen molar-refractivity contribution in [2.24, 2.45) is 0 Å². The molecule has 1 unspecified atom stereocenters. The van der Waals surface area contributed by atoms with E-state index in [9.17, 15) is 14.0 Å². The second-order valence-corrected chi connectivity index (χ2v) is 8.49. The molecule has 2 aromatic carbocycles. The molecule has 3 rings (SSSR count). The number of carbonyl (C=O) groups excluding carboxylic acids is 2. The first-order valence-electron chi connectivity index (χ1n) is 10.4. The third-order valence-electron chi connectivity index (χ3n) is 4.79. The first-order chi connectivity index (χ1) is 16.4. The van der Waals surface area contributed by atoms with Crippen LogP contribution >= 0.6 is 11.8 Å². The summed E-state index contributed by atoms with van der Waals surface area (Å²) in [4.78, 5) is 24.1. The zero-order valence-electron chi connectivity index (χ0n) is 18.9. The number of methoxy groups -OCH3 is 1. The molecular weight excluding hydrogens is 459 g/mol. The number of hydrogen-bond donors (Lipinski definition) is 1. The summed E-state index contributed by atoms with van der Waals surface area (Å²) in [7, 11) is 1.32. The molecule has 0 fully saturated rings. The van der Waals surface area contributed by atoms with E-state index >= 15 is 0 Å². The van der Waals surface area contributed by atoms with E-state index in [0.717, 1.165) is 5.56 Å². The van der Waals surface area contributed by atoms with Crippen molar-refractivity contribution >= 4 is 23.6 Å². The molecule has 34 heavy (non-hydrogen) atoms. The van der Waals surface area contributed by atoms with Crippen LogP contribution in [0.4, 0.5) is 4.39 Å². The lowest BCUT2D eigenvalue weighted by Crippen LogP contribution is -2.30. The van der Waals surface area contributed by atoms with Gasteiger partial charge in [0.25, 0.3) is 0 Å². The Bertz CT molecular complexity index is 1150. The van der Waals surface area contributed by atoms with Crippen LogP contribution in [0.2, 0.25) is 0 Å². The molecule has 0 saturated heterocycles. The summed E-state index contributed by atoms with van der Waals surface area (Å²) in [6, 6.07) is 12.9. The number of thioether (sulfide) groups is 1. The van der Waals surface area contributed by atoms with Crippen molar-refractivity contribution in [2.75, 3.05) is 7.11 Å². The number of allylic oxidation sites excluding steroid dienone is 1. The Hall–Kier alpha value is -3.66. The first-order valence-corrected chi connectivity index (χ1v) is 11.3. The Morgan fingerprint density at radius 2 is 1.94 bits per heavy atom. The largest absolute Gasteiger partial charge is 0.483 e. The minimum Gasteiger partial charge on any atom is -0.483 e. The lowest BCUT2D eigenvalue weighted by Gasteiger charge is -2.13. The number of carbonyl (C=O) groups is 2. The monoisotopic (exact) mass is 484 g/mol. The van der Waals surface area contributed by atoms with Crippen molar-refractivity contribution in [1.82, 2.24) is 20.1 Å². The third-order valence-corrected chi connectivity index (χ3v) is 5.87. The predicted molar refractivity (Wildman–Crippen MR) is 126 cm³/mol. The SMILES string of the molecule is C=CCn1c(COc2ccccc2F)nnc1SC(C)C(=O)NCc1ccc(C(=O)OC)cc1. The van der Waals surface area contributed by atoms with Crippen molar-refractivity contribution in [3.05, 3.63) is 84.0 Å². The van der Waals surface area contributed by atoms with Crippen LogP contribution in [-0.2, 0) is 29.2 Å². The minimum absolute atomic E-state index is 0.0183. The van der Waals surface area contributed by atoms with Crippen LogP contribution in [-0.4, -0.2) is 39.0 Å². The van der Waals surface area contributed by atoms with Gasteiger partial charge in [-0.3, -0.25) is 9.36 Å². The van der Waals surface area contributed by atoms with Crippen molar-refractivity contribution in [2.45, 2.75) is 37.0 Å². The number of esters is 1. The van der Waals surface area contributed by atoms with E-state index in [1.54, 1.807) is 54.0 Å². The smallest absolute Gasteiger partial charge is 0.337 e. The molecule has 1 N–H and O–H groups in total. The summed E-state index contributed by atoms with van der Waals surface area (Å²) >= 11 is 1.25. The van der Waals surface area contributed by atoms with Gasteiger partial charge in [-0.15, -0.1) is 16.8 Å². The van der Waals surface area contributed by atoms with Gasteiger partial charge in [-0.1, -0.05) is 42.1 Å². The zero-order chi connectivity index (χ0) is 24.5. The van der Waals surface area contributed by atoms with E-state index in [0.29, 0.717) is 29.6 Å². The van der Waals surface area contributed by atoms with Gasteiger partial charge in [-0.2, -0.15) is 0 Å². The maximum Gasteiger partial charge on any atom is 0.337 e. The normalized spacial score (nSPS) is 11.5. The van der Waals surface area contributed by atoms with E-state index in [4.69, 9.17) is 4.74 Å². The molecule has 1 amide bonds. The van der Waals surface area contributed by atoms with Crippen molar-refractivity contribution in [3.63, 3.8) is 0 Å². The molecule has 1 aromatic heterocycles. The number of nitrogens with one attached hydrogen (secondary N) is 1. The second-order valence-electron chi connectivity index (χ2n) is 7.18. The Balaban J connectivity index is 1.59.